The maximum Gasteiger partial charge on any atom is 0.260 e. The van der Waals surface area contributed by atoms with Gasteiger partial charge in [-0.3, -0.25) is 14.5 Å². The highest BCUT2D eigenvalue weighted by molar-refractivity contribution is 5.93. The van der Waals surface area contributed by atoms with Crippen LogP contribution in [-0.2, 0) is 6.54 Å². The van der Waals surface area contributed by atoms with Gasteiger partial charge in [0.2, 0.25) is 0 Å². The average molecular weight is 329 g/mol. The summed E-state index contributed by atoms with van der Waals surface area (Å²) >= 11 is 0. The highest BCUT2D eigenvalue weighted by atomic mass is 19.1. The van der Waals surface area contributed by atoms with Gasteiger partial charge in [0.25, 0.3) is 11.5 Å². The van der Waals surface area contributed by atoms with E-state index in [2.05, 4.69) is 9.88 Å². The van der Waals surface area contributed by atoms with E-state index in [0.717, 1.165) is 31.6 Å². The molecule has 0 radical (unpaired) electrons. The van der Waals surface area contributed by atoms with E-state index in [4.69, 9.17) is 0 Å². The molecule has 0 atom stereocenters. The molecule has 1 saturated heterocycles. The van der Waals surface area contributed by atoms with Crippen LogP contribution in [-0.4, -0.2) is 46.9 Å². The predicted molar refractivity (Wildman–Crippen MR) is 89.3 cm³/mol. The fraction of sp³-hybridized carbons (Fsp3) is 0.333. The summed E-state index contributed by atoms with van der Waals surface area (Å²) < 4.78 is 13.0. The zero-order valence-electron chi connectivity index (χ0n) is 13.4. The SMILES string of the molecule is O=C(c1ccc[nH]c1=O)N1CCCN(Cc2ccc(F)cc2)CC1. The normalized spacial score (nSPS) is 16.0. The third-order valence-corrected chi connectivity index (χ3v) is 4.24. The van der Waals surface area contributed by atoms with Crippen LogP contribution in [0.15, 0.2) is 47.4 Å². The number of hydrogen-bond acceptors (Lipinski definition) is 3. The minimum absolute atomic E-state index is 0.185. The Balaban J connectivity index is 1.62. The molecule has 2 aromatic rings. The zero-order chi connectivity index (χ0) is 16.9. The van der Waals surface area contributed by atoms with Crippen LogP contribution in [0.25, 0.3) is 0 Å². The van der Waals surface area contributed by atoms with Crippen molar-refractivity contribution < 1.29 is 9.18 Å². The molecule has 0 aliphatic carbocycles. The van der Waals surface area contributed by atoms with Crippen molar-refractivity contribution in [2.45, 2.75) is 13.0 Å². The van der Waals surface area contributed by atoms with Crippen LogP contribution in [0.1, 0.15) is 22.3 Å². The summed E-state index contributed by atoms with van der Waals surface area (Å²) in [4.78, 5) is 30.8. The first-order valence-corrected chi connectivity index (χ1v) is 8.07. The van der Waals surface area contributed by atoms with Crippen LogP contribution in [0, 0.1) is 5.82 Å². The third kappa shape index (κ3) is 3.89. The molecule has 0 bridgehead atoms. The van der Waals surface area contributed by atoms with Crippen LogP contribution in [0.2, 0.25) is 0 Å². The van der Waals surface area contributed by atoms with Crippen LogP contribution in [0.5, 0.6) is 0 Å². The van der Waals surface area contributed by atoms with E-state index in [1.54, 1.807) is 29.2 Å². The number of halogens is 1. The molecule has 24 heavy (non-hydrogen) atoms. The highest BCUT2D eigenvalue weighted by Gasteiger charge is 2.22. The summed E-state index contributed by atoms with van der Waals surface area (Å²) in [6.07, 6.45) is 2.36. The minimum atomic E-state index is -0.352. The van der Waals surface area contributed by atoms with Gasteiger partial charge in [-0.2, -0.15) is 0 Å². The number of pyridine rings is 1. The van der Waals surface area contributed by atoms with Crippen molar-refractivity contribution in [2.24, 2.45) is 0 Å². The number of rotatable bonds is 3. The molecular formula is C18H20FN3O2. The quantitative estimate of drug-likeness (QED) is 0.935. The van der Waals surface area contributed by atoms with Gasteiger partial charge in [0.1, 0.15) is 11.4 Å². The second-order valence-electron chi connectivity index (χ2n) is 5.96. The van der Waals surface area contributed by atoms with Crippen molar-refractivity contribution in [2.75, 3.05) is 26.2 Å². The van der Waals surface area contributed by atoms with E-state index in [1.165, 1.54) is 18.3 Å². The topological polar surface area (TPSA) is 56.4 Å². The Bertz CT molecular complexity index is 757. The standard InChI is InChI=1S/C18H20FN3O2/c19-15-6-4-14(5-7-15)13-21-9-2-10-22(12-11-21)18(24)16-3-1-8-20-17(16)23/h1,3-8H,2,9-13H2,(H,20,23). The molecule has 0 saturated carbocycles. The Morgan fingerprint density at radius 2 is 1.88 bits per heavy atom. The monoisotopic (exact) mass is 329 g/mol. The van der Waals surface area contributed by atoms with Gasteiger partial charge in [0, 0.05) is 38.9 Å². The number of H-pyrrole nitrogens is 1. The van der Waals surface area contributed by atoms with E-state index >= 15 is 0 Å². The second kappa shape index (κ2) is 7.40. The highest BCUT2D eigenvalue weighted by Crippen LogP contribution is 2.11. The van der Waals surface area contributed by atoms with Crippen molar-refractivity contribution in [1.82, 2.24) is 14.8 Å². The summed E-state index contributed by atoms with van der Waals surface area (Å²) in [6.45, 7) is 3.54. The van der Waals surface area contributed by atoms with E-state index in [0.29, 0.717) is 13.1 Å². The molecular weight excluding hydrogens is 309 g/mol. The number of aromatic amines is 1. The van der Waals surface area contributed by atoms with Crippen LogP contribution >= 0.6 is 0 Å². The number of carbonyl (C=O) groups excluding carboxylic acids is 1. The molecule has 1 aliphatic rings. The predicted octanol–water partition coefficient (Wildman–Crippen LogP) is 1.86. The van der Waals surface area contributed by atoms with Gasteiger partial charge < -0.3 is 9.88 Å². The molecule has 0 spiro atoms. The summed E-state index contributed by atoms with van der Waals surface area (Å²) in [5, 5.41) is 0. The van der Waals surface area contributed by atoms with Crippen molar-refractivity contribution >= 4 is 5.91 Å². The fourth-order valence-electron chi connectivity index (χ4n) is 2.94. The molecule has 1 N–H and O–H groups in total. The lowest BCUT2D eigenvalue weighted by Crippen LogP contribution is -2.37. The summed E-state index contributed by atoms with van der Waals surface area (Å²) in [5.41, 5.74) is 0.884. The Labute approximate surface area is 139 Å². The van der Waals surface area contributed by atoms with Crippen LogP contribution in [0.3, 0.4) is 0 Å². The number of benzene rings is 1. The van der Waals surface area contributed by atoms with E-state index in [1.807, 2.05) is 0 Å². The fourth-order valence-corrected chi connectivity index (χ4v) is 2.94. The molecule has 6 heteroatoms. The van der Waals surface area contributed by atoms with Gasteiger partial charge in [-0.15, -0.1) is 0 Å². The number of amides is 1. The van der Waals surface area contributed by atoms with Gasteiger partial charge in [-0.1, -0.05) is 12.1 Å². The lowest BCUT2D eigenvalue weighted by atomic mass is 10.2. The number of nitrogens with one attached hydrogen (secondary N) is 1. The Kier molecular flexibility index (Phi) is 5.05. The molecule has 126 valence electrons. The lowest BCUT2D eigenvalue weighted by molar-refractivity contribution is 0.0759. The first kappa shape index (κ1) is 16.4. The van der Waals surface area contributed by atoms with Crippen LogP contribution < -0.4 is 5.56 Å². The smallest absolute Gasteiger partial charge is 0.260 e. The minimum Gasteiger partial charge on any atom is -0.337 e. The Morgan fingerprint density at radius 3 is 2.62 bits per heavy atom. The van der Waals surface area contributed by atoms with E-state index in [9.17, 15) is 14.0 Å². The number of aromatic nitrogens is 1. The van der Waals surface area contributed by atoms with Crippen molar-refractivity contribution in [1.29, 1.82) is 0 Å². The second-order valence-corrected chi connectivity index (χ2v) is 5.96. The van der Waals surface area contributed by atoms with Crippen molar-refractivity contribution in [3.05, 3.63) is 69.9 Å². The molecule has 1 aromatic heterocycles. The molecule has 1 amide bonds. The van der Waals surface area contributed by atoms with Gasteiger partial charge >= 0.3 is 0 Å². The van der Waals surface area contributed by atoms with Crippen molar-refractivity contribution in [3.63, 3.8) is 0 Å². The molecule has 0 unspecified atom stereocenters. The van der Waals surface area contributed by atoms with Gasteiger partial charge in [0.05, 0.1) is 0 Å². The van der Waals surface area contributed by atoms with Gasteiger partial charge in [0.15, 0.2) is 0 Å². The largest absolute Gasteiger partial charge is 0.337 e. The lowest BCUT2D eigenvalue weighted by Gasteiger charge is -2.22. The zero-order valence-corrected chi connectivity index (χ0v) is 13.4. The first-order chi connectivity index (χ1) is 11.6. The molecule has 1 fully saturated rings. The number of carbonyl (C=O) groups is 1. The molecule has 1 aromatic carbocycles. The van der Waals surface area contributed by atoms with Crippen molar-refractivity contribution in [3.8, 4) is 0 Å². The van der Waals surface area contributed by atoms with E-state index < -0.39 is 0 Å². The maximum absolute atomic E-state index is 13.0. The summed E-state index contributed by atoms with van der Waals surface area (Å²) in [6, 6.07) is 9.71. The summed E-state index contributed by atoms with van der Waals surface area (Å²) in [7, 11) is 0. The molecule has 2 heterocycles. The molecule has 1 aliphatic heterocycles. The van der Waals surface area contributed by atoms with Crippen LogP contribution in [0.4, 0.5) is 4.39 Å². The Morgan fingerprint density at radius 1 is 1.08 bits per heavy atom. The number of hydrogen-bond donors (Lipinski definition) is 1. The Hall–Kier alpha value is -2.47. The summed E-state index contributed by atoms with van der Waals surface area (Å²) in [5.74, 6) is -0.458. The average Bonchev–Trinajstić information content (AvgIpc) is 2.82. The van der Waals surface area contributed by atoms with Gasteiger partial charge in [-0.05, 0) is 36.2 Å². The van der Waals surface area contributed by atoms with Gasteiger partial charge in [-0.25, -0.2) is 4.39 Å². The molecule has 5 nitrogen and oxygen atoms in total. The number of nitrogens with zero attached hydrogens (tertiary/aromatic N) is 2. The first-order valence-electron chi connectivity index (χ1n) is 8.07. The van der Waals surface area contributed by atoms with E-state index in [-0.39, 0.29) is 22.8 Å². The molecule has 3 rings (SSSR count). The maximum atomic E-state index is 13.0. The third-order valence-electron chi connectivity index (χ3n) is 4.24.